The summed E-state index contributed by atoms with van der Waals surface area (Å²) < 4.78 is 5.97. The van der Waals surface area contributed by atoms with Gasteiger partial charge in [-0.1, -0.05) is 39.0 Å². The van der Waals surface area contributed by atoms with Crippen LogP contribution in [0.3, 0.4) is 0 Å². The largest absolute Gasteiger partial charge is 0.373 e. The van der Waals surface area contributed by atoms with E-state index in [2.05, 4.69) is 39.0 Å². The Morgan fingerprint density at radius 2 is 2.13 bits per heavy atom. The molecule has 0 aromatic heterocycles. The topological polar surface area (TPSA) is 9.23 Å². The van der Waals surface area contributed by atoms with Gasteiger partial charge >= 0.3 is 0 Å². The van der Waals surface area contributed by atoms with Crippen molar-refractivity contribution in [3.63, 3.8) is 0 Å². The molecule has 1 nitrogen and oxygen atoms in total. The number of hydrogen-bond donors (Lipinski definition) is 0. The lowest BCUT2D eigenvalue weighted by Crippen LogP contribution is -2.22. The van der Waals surface area contributed by atoms with Crippen LogP contribution in [0.1, 0.15) is 33.6 Å². The van der Waals surface area contributed by atoms with Crippen LogP contribution in [-0.4, -0.2) is 12.7 Å². The highest BCUT2D eigenvalue weighted by Crippen LogP contribution is 2.31. The predicted octanol–water partition coefficient (Wildman–Crippen LogP) is 3.57. The molecule has 2 rings (SSSR count). The Balaban J connectivity index is 1.92. The molecule has 0 N–H and O–H groups in total. The lowest BCUT2D eigenvalue weighted by Gasteiger charge is -2.24. The zero-order chi connectivity index (χ0) is 10.8. The number of rotatable bonds is 4. The van der Waals surface area contributed by atoms with Crippen LogP contribution in [-0.2, 0) is 4.74 Å². The molecule has 0 aromatic rings. The van der Waals surface area contributed by atoms with Gasteiger partial charge in [0.2, 0.25) is 0 Å². The zero-order valence-electron chi connectivity index (χ0n) is 10.1. The molecule has 2 aliphatic rings. The molecule has 84 valence electrons. The summed E-state index contributed by atoms with van der Waals surface area (Å²) in [6.45, 7) is 7.68. The summed E-state index contributed by atoms with van der Waals surface area (Å²) in [4.78, 5) is 0. The Hall–Kier alpha value is -0.560. The van der Waals surface area contributed by atoms with Crippen molar-refractivity contribution in [2.24, 2.45) is 17.8 Å². The quantitative estimate of drug-likeness (QED) is 0.683. The van der Waals surface area contributed by atoms with Gasteiger partial charge in [-0.25, -0.2) is 0 Å². The minimum Gasteiger partial charge on any atom is -0.373 e. The molecular formula is C14H22O. The molecule has 0 aromatic carbocycles. The molecule has 2 atom stereocenters. The maximum Gasteiger partial charge on any atom is 0.0821 e. The average Bonchev–Trinajstić information content (AvgIpc) is 3.00. The molecule has 0 saturated heterocycles. The monoisotopic (exact) mass is 206 g/mol. The first-order valence-electron chi connectivity index (χ1n) is 6.18. The van der Waals surface area contributed by atoms with E-state index in [1.165, 1.54) is 18.4 Å². The lowest BCUT2D eigenvalue weighted by atomic mass is 9.90. The fourth-order valence-electron chi connectivity index (χ4n) is 1.89. The summed E-state index contributed by atoms with van der Waals surface area (Å²) >= 11 is 0. The van der Waals surface area contributed by atoms with Crippen LogP contribution in [0.5, 0.6) is 0 Å². The number of hydrogen-bond acceptors (Lipinski definition) is 1. The maximum absolute atomic E-state index is 5.97. The van der Waals surface area contributed by atoms with Gasteiger partial charge < -0.3 is 4.74 Å². The summed E-state index contributed by atoms with van der Waals surface area (Å²) in [6.07, 6.45) is 9.92. The van der Waals surface area contributed by atoms with Gasteiger partial charge in [-0.05, 0) is 30.3 Å². The summed E-state index contributed by atoms with van der Waals surface area (Å²) in [5.74, 6) is 2.01. The van der Waals surface area contributed by atoms with E-state index in [-0.39, 0.29) is 0 Å². The van der Waals surface area contributed by atoms with Gasteiger partial charge in [0.1, 0.15) is 0 Å². The van der Waals surface area contributed by atoms with E-state index in [4.69, 9.17) is 4.74 Å². The SMILES string of the molecule is CC(C)C1=CC(OCC2CC2)C(C)C=C1. The van der Waals surface area contributed by atoms with Gasteiger partial charge in [0.25, 0.3) is 0 Å². The smallest absolute Gasteiger partial charge is 0.0821 e. The number of allylic oxidation sites excluding steroid dienone is 2. The van der Waals surface area contributed by atoms with Gasteiger partial charge in [0.15, 0.2) is 0 Å². The molecule has 2 aliphatic carbocycles. The first kappa shape index (κ1) is 10.9. The van der Waals surface area contributed by atoms with Crippen molar-refractivity contribution in [1.82, 2.24) is 0 Å². The standard InChI is InChI=1S/C14H22O/c1-10(2)13-7-4-11(3)14(8-13)15-9-12-5-6-12/h4,7-8,10-12,14H,5-6,9H2,1-3H3. The minimum atomic E-state index is 0.313. The third-order valence-electron chi connectivity index (χ3n) is 3.36. The predicted molar refractivity (Wildman–Crippen MR) is 63.7 cm³/mol. The van der Waals surface area contributed by atoms with Gasteiger partial charge in [-0.3, -0.25) is 0 Å². The van der Waals surface area contributed by atoms with E-state index in [9.17, 15) is 0 Å². The average molecular weight is 206 g/mol. The summed E-state index contributed by atoms with van der Waals surface area (Å²) in [5, 5.41) is 0. The molecule has 2 unspecified atom stereocenters. The first-order chi connectivity index (χ1) is 7.16. The fraction of sp³-hybridized carbons (Fsp3) is 0.714. The second kappa shape index (κ2) is 4.52. The summed E-state index contributed by atoms with van der Waals surface area (Å²) in [6, 6.07) is 0. The summed E-state index contributed by atoms with van der Waals surface area (Å²) in [5.41, 5.74) is 1.42. The molecule has 0 heterocycles. The van der Waals surface area contributed by atoms with Crippen molar-refractivity contribution in [3.05, 3.63) is 23.8 Å². The highest BCUT2D eigenvalue weighted by molar-refractivity contribution is 5.27. The first-order valence-corrected chi connectivity index (χ1v) is 6.18. The van der Waals surface area contributed by atoms with E-state index in [1.54, 1.807) is 0 Å². The van der Waals surface area contributed by atoms with Crippen molar-refractivity contribution in [2.75, 3.05) is 6.61 Å². The van der Waals surface area contributed by atoms with Crippen molar-refractivity contribution in [1.29, 1.82) is 0 Å². The van der Waals surface area contributed by atoms with Gasteiger partial charge in [0, 0.05) is 5.92 Å². The van der Waals surface area contributed by atoms with Crippen molar-refractivity contribution < 1.29 is 4.74 Å². The van der Waals surface area contributed by atoms with E-state index in [0.29, 0.717) is 17.9 Å². The normalized spacial score (nSPS) is 30.8. The second-order valence-electron chi connectivity index (χ2n) is 5.28. The maximum atomic E-state index is 5.97. The lowest BCUT2D eigenvalue weighted by molar-refractivity contribution is 0.0535. The Morgan fingerprint density at radius 3 is 2.73 bits per heavy atom. The molecule has 15 heavy (non-hydrogen) atoms. The molecule has 1 fully saturated rings. The third kappa shape index (κ3) is 2.94. The Labute approximate surface area is 93.2 Å². The molecule has 0 spiro atoms. The van der Waals surface area contributed by atoms with Crippen molar-refractivity contribution in [2.45, 2.75) is 39.7 Å². The number of ether oxygens (including phenoxy) is 1. The molecule has 1 saturated carbocycles. The highest BCUT2D eigenvalue weighted by atomic mass is 16.5. The summed E-state index contributed by atoms with van der Waals surface area (Å²) in [7, 11) is 0. The van der Waals surface area contributed by atoms with Crippen LogP contribution in [0.4, 0.5) is 0 Å². The van der Waals surface area contributed by atoms with Crippen LogP contribution in [0.15, 0.2) is 23.8 Å². The van der Waals surface area contributed by atoms with Crippen LogP contribution >= 0.6 is 0 Å². The Kier molecular flexibility index (Phi) is 3.30. The molecular weight excluding hydrogens is 184 g/mol. The van der Waals surface area contributed by atoms with Crippen LogP contribution in [0.25, 0.3) is 0 Å². The van der Waals surface area contributed by atoms with Crippen molar-refractivity contribution >= 4 is 0 Å². The van der Waals surface area contributed by atoms with Crippen LogP contribution in [0, 0.1) is 17.8 Å². The Morgan fingerprint density at radius 1 is 1.40 bits per heavy atom. The highest BCUT2D eigenvalue weighted by Gasteiger charge is 2.25. The second-order valence-corrected chi connectivity index (χ2v) is 5.28. The Bertz CT molecular complexity index is 271. The molecule has 1 heteroatoms. The van der Waals surface area contributed by atoms with E-state index in [0.717, 1.165) is 12.5 Å². The van der Waals surface area contributed by atoms with Crippen molar-refractivity contribution in [3.8, 4) is 0 Å². The minimum absolute atomic E-state index is 0.313. The van der Waals surface area contributed by atoms with E-state index in [1.807, 2.05) is 0 Å². The fourth-order valence-corrected chi connectivity index (χ4v) is 1.89. The van der Waals surface area contributed by atoms with E-state index < -0.39 is 0 Å². The van der Waals surface area contributed by atoms with Crippen LogP contribution < -0.4 is 0 Å². The molecule has 0 radical (unpaired) electrons. The molecule has 0 bridgehead atoms. The third-order valence-corrected chi connectivity index (χ3v) is 3.36. The van der Waals surface area contributed by atoms with E-state index >= 15 is 0 Å². The van der Waals surface area contributed by atoms with Gasteiger partial charge in [-0.2, -0.15) is 0 Å². The van der Waals surface area contributed by atoms with Gasteiger partial charge in [-0.15, -0.1) is 0 Å². The van der Waals surface area contributed by atoms with Crippen LogP contribution in [0.2, 0.25) is 0 Å². The zero-order valence-corrected chi connectivity index (χ0v) is 10.1. The molecule has 0 aliphatic heterocycles. The molecule has 0 amide bonds. The van der Waals surface area contributed by atoms with Gasteiger partial charge in [0.05, 0.1) is 12.7 Å².